The lowest BCUT2D eigenvalue weighted by Crippen LogP contribution is -2.56. The highest BCUT2D eigenvalue weighted by Crippen LogP contribution is 2.41. The molecule has 1 aromatic rings. The second-order valence-electron chi connectivity index (χ2n) is 8.18. The number of ether oxygens (including phenoxy) is 1. The summed E-state index contributed by atoms with van der Waals surface area (Å²) in [5, 5.41) is 22.9. The summed E-state index contributed by atoms with van der Waals surface area (Å²) < 4.78 is 4.99. The SMILES string of the molecule is CC(C)[C@@H]1CC[C@@H](C)C[C@@]1(O)C(=O)NCCc1ccccc1C(=O)OCCO. The van der Waals surface area contributed by atoms with E-state index in [-0.39, 0.29) is 31.0 Å². The minimum absolute atomic E-state index is 0.0499. The van der Waals surface area contributed by atoms with Gasteiger partial charge in [-0.15, -0.1) is 0 Å². The molecule has 6 heteroatoms. The zero-order valence-corrected chi connectivity index (χ0v) is 17.1. The molecule has 2 rings (SSSR count). The molecule has 1 aliphatic rings. The first-order chi connectivity index (χ1) is 13.3. The average molecular weight is 392 g/mol. The molecule has 28 heavy (non-hydrogen) atoms. The Bertz CT molecular complexity index is 675. The number of carbonyl (C=O) groups excluding carboxylic acids is 2. The molecule has 156 valence electrons. The van der Waals surface area contributed by atoms with E-state index in [1.54, 1.807) is 12.1 Å². The summed E-state index contributed by atoms with van der Waals surface area (Å²) in [5.41, 5.74) is -0.156. The average Bonchev–Trinajstić information content (AvgIpc) is 2.66. The van der Waals surface area contributed by atoms with Crippen molar-refractivity contribution >= 4 is 11.9 Å². The number of esters is 1. The van der Waals surface area contributed by atoms with E-state index in [9.17, 15) is 14.7 Å². The first kappa shape index (κ1) is 22.4. The van der Waals surface area contributed by atoms with Gasteiger partial charge >= 0.3 is 5.97 Å². The lowest BCUT2D eigenvalue weighted by molar-refractivity contribution is -0.155. The molecule has 6 nitrogen and oxygen atoms in total. The van der Waals surface area contributed by atoms with Gasteiger partial charge in [0.15, 0.2) is 0 Å². The number of rotatable bonds is 8. The van der Waals surface area contributed by atoms with Crippen molar-refractivity contribution in [2.45, 2.75) is 52.1 Å². The molecule has 3 atom stereocenters. The highest BCUT2D eigenvalue weighted by atomic mass is 16.5. The maximum Gasteiger partial charge on any atom is 0.338 e. The van der Waals surface area contributed by atoms with Gasteiger partial charge in [-0.1, -0.05) is 45.4 Å². The van der Waals surface area contributed by atoms with Crippen molar-refractivity contribution in [2.75, 3.05) is 19.8 Å². The molecule has 3 N–H and O–H groups in total. The summed E-state index contributed by atoms with van der Waals surface area (Å²) in [4.78, 5) is 25.0. The van der Waals surface area contributed by atoms with Gasteiger partial charge in [0, 0.05) is 6.54 Å². The van der Waals surface area contributed by atoms with Crippen LogP contribution in [0.4, 0.5) is 0 Å². The highest BCUT2D eigenvalue weighted by Gasteiger charge is 2.48. The van der Waals surface area contributed by atoms with Gasteiger partial charge in [-0.25, -0.2) is 4.79 Å². The van der Waals surface area contributed by atoms with Crippen molar-refractivity contribution < 1.29 is 24.5 Å². The van der Waals surface area contributed by atoms with Crippen molar-refractivity contribution in [3.05, 3.63) is 35.4 Å². The zero-order valence-electron chi connectivity index (χ0n) is 17.1. The van der Waals surface area contributed by atoms with Crippen molar-refractivity contribution in [2.24, 2.45) is 17.8 Å². The second kappa shape index (κ2) is 10.0. The van der Waals surface area contributed by atoms with E-state index in [4.69, 9.17) is 9.84 Å². The quantitative estimate of drug-likeness (QED) is 0.591. The Labute approximate surface area is 167 Å². The molecule has 0 heterocycles. The third-order valence-electron chi connectivity index (χ3n) is 5.68. The van der Waals surface area contributed by atoms with E-state index in [1.807, 2.05) is 26.0 Å². The predicted octanol–water partition coefficient (Wildman–Crippen LogP) is 2.32. The Morgan fingerprint density at radius 1 is 1.29 bits per heavy atom. The van der Waals surface area contributed by atoms with E-state index < -0.39 is 11.6 Å². The van der Waals surface area contributed by atoms with Crippen LogP contribution in [0.25, 0.3) is 0 Å². The standard InChI is InChI=1S/C22H33NO5/c1-15(2)19-9-8-16(3)14-22(19,27)21(26)23-11-10-17-6-4-5-7-18(17)20(25)28-13-12-24/h4-7,15-16,19,24,27H,8-14H2,1-3H3,(H,23,26)/t16-,19+,22+/m1/s1. The Morgan fingerprint density at radius 2 is 2.00 bits per heavy atom. The summed E-state index contributed by atoms with van der Waals surface area (Å²) in [6.45, 7) is 6.22. The Kier molecular flexibility index (Phi) is 8.01. The number of aliphatic hydroxyl groups excluding tert-OH is 1. The van der Waals surface area contributed by atoms with Gasteiger partial charge in [-0.2, -0.15) is 0 Å². The molecule has 1 fully saturated rings. The van der Waals surface area contributed by atoms with Gasteiger partial charge in [0.05, 0.1) is 12.2 Å². The Hall–Kier alpha value is -1.92. The molecule has 0 unspecified atom stereocenters. The predicted molar refractivity (Wildman–Crippen MR) is 107 cm³/mol. The molecule has 0 saturated heterocycles. The highest BCUT2D eigenvalue weighted by molar-refractivity contribution is 5.91. The van der Waals surface area contributed by atoms with Gasteiger partial charge < -0.3 is 20.3 Å². The fourth-order valence-corrected chi connectivity index (χ4v) is 4.25. The van der Waals surface area contributed by atoms with Crippen LogP contribution < -0.4 is 5.32 Å². The van der Waals surface area contributed by atoms with Crippen LogP contribution in [0.1, 0.15) is 56.0 Å². The maximum absolute atomic E-state index is 12.9. The first-order valence-electron chi connectivity index (χ1n) is 10.2. The monoisotopic (exact) mass is 391 g/mol. The van der Waals surface area contributed by atoms with Crippen molar-refractivity contribution in [1.82, 2.24) is 5.32 Å². The molecular weight excluding hydrogens is 358 g/mol. The number of carbonyl (C=O) groups is 2. The normalized spacial score (nSPS) is 24.8. The van der Waals surface area contributed by atoms with Crippen LogP contribution in [0.5, 0.6) is 0 Å². The van der Waals surface area contributed by atoms with Gasteiger partial charge in [0.2, 0.25) is 0 Å². The fraction of sp³-hybridized carbons (Fsp3) is 0.636. The topological polar surface area (TPSA) is 95.9 Å². The van der Waals surface area contributed by atoms with Crippen LogP contribution in [0.15, 0.2) is 24.3 Å². The number of aliphatic hydroxyl groups is 2. The van der Waals surface area contributed by atoms with Gasteiger partial charge in [0.1, 0.15) is 12.2 Å². The van der Waals surface area contributed by atoms with E-state index in [0.717, 1.165) is 18.4 Å². The summed E-state index contributed by atoms with van der Waals surface area (Å²) in [6, 6.07) is 7.06. The third kappa shape index (κ3) is 5.32. The van der Waals surface area contributed by atoms with E-state index >= 15 is 0 Å². The number of nitrogens with one attached hydrogen (secondary N) is 1. The molecule has 0 radical (unpaired) electrons. The number of hydrogen-bond donors (Lipinski definition) is 3. The molecule has 0 bridgehead atoms. The van der Waals surface area contributed by atoms with Crippen LogP contribution in [0.2, 0.25) is 0 Å². The number of benzene rings is 1. The molecule has 1 saturated carbocycles. The third-order valence-corrected chi connectivity index (χ3v) is 5.68. The van der Waals surface area contributed by atoms with Gasteiger partial charge in [0.25, 0.3) is 5.91 Å². The van der Waals surface area contributed by atoms with Crippen LogP contribution >= 0.6 is 0 Å². The van der Waals surface area contributed by atoms with E-state index in [0.29, 0.717) is 30.9 Å². The van der Waals surface area contributed by atoms with Crippen molar-refractivity contribution in [3.8, 4) is 0 Å². The largest absolute Gasteiger partial charge is 0.460 e. The smallest absolute Gasteiger partial charge is 0.338 e. The van der Waals surface area contributed by atoms with Gasteiger partial charge in [-0.05, 0) is 48.6 Å². The number of amides is 1. The summed E-state index contributed by atoms with van der Waals surface area (Å²) in [6.07, 6.45) is 2.81. The molecular formula is C22H33NO5. The minimum Gasteiger partial charge on any atom is -0.460 e. The molecule has 0 aliphatic heterocycles. The molecule has 1 aromatic carbocycles. The summed E-state index contributed by atoms with van der Waals surface area (Å²) >= 11 is 0. The number of hydrogen-bond acceptors (Lipinski definition) is 5. The van der Waals surface area contributed by atoms with Crippen LogP contribution in [0, 0.1) is 17.8 Å². The van der Waals surface area contributed by atoms with Gasteiger partial charge in [-0.3, -0.25) is 4.79 Å². The van der Waals surface area contributed by atoms with E-state index in [2.05, 4.69) is 12.2 Å². The Morgan fingerprint density at radius 3 is 2.68 bits per heavy atom. The Balaban J connectivity index is 2.01. The molecule has 1 aliphatic carbocycles. The second-order valence-corrected chi connectivity index (χ2v) is 8.18. The van der Waals surface area contributed by atoms with Crippen molar-refractivity contribution in [3.63, 3.8) is 0 Å². The maximum atomic E-state index is 12.9. The molecule has 0 spiro atoms. The van der Waals surface area contributed by atoms with Crippen LogP contribution in [-0.4, -0.2) is 47.4 Å². The lowest BCUT2D eigenvalue weighted by Gasteiger charge is -2.43. The lowest BCUT2D eigenvalue weighted by atomic mass is 9.66. The van der Waals surface area contributed by atoms with Crippen LogP contribution in [-0.2, 0) is 16.0 Å². The zero-order chi connectivity index (χ0) is 20.7. The first-order valence-corrected chi connectivity index (χ1v) is 10.2. The van der Waals surface area contributed by atoms with E-state index in [1.165, 1.54) is 0 Å². The van der Waals surface area contributed by atoms with Crippen LogP contribution in [0.3, 0.4) is 0 Å². The minimum atomic E-state index is -1.34. The summed E-state index contributed by atoms with van der Waals surface area (Å²) in [5.74, 6) is -0.323. The molecule has 0 aromatic heterocycles. The molecule has 1 amide bonds. The fourth-order valence-electron chi connectivity index (χ4n) is 4.25. The van der Waals surface area contributed by atoms with Crippen molar-refractivity contribution in [1.29, 1.82) is 0 Å². The summed E-state index contributed by atoms with van der Waals surface area (Å²) in [7, 11) is 0.